The van der Waals surface area contributed by atoms with Gasteiger partial charge in [-0.2, -0.15) is 0 Å². The van der Waals surface area contributed by atoms with Gasteiger partial charge in [-0.25, -0.2) is 4.98 Å². The summed E-state index contributed by atoms with van der Waals surface area (Å²) >= 11 is 1.44. The Morgan fingerprint density at radius 1 is 1.43 bits per heavy atom. The van der Waals surface area contributed by atoms with E-state index in [4.69, 9.17) is 9.15 Å². The number of nitrogens with zero attached hydrogens (tertiary/aromatic N) is 2. The maximum Gasteiger partial charge on any atom is 0.260 e. The first-order chi connectivity index (χ1) is 11.0. The molecule has 0 aliphatic carbocycles. The Morgan fingerprint density at radius 3 is 2.83 bits per heavy atom. The number of hydrogen-bond donors (Lipinski definition) is 1. The van der Waals surface area contributed by atoms with Crippen LogP contribution in [-0.2, 0) is 11.3 Å². The van der Waals surface area contributed by atoms with Gasteiger partial charge in [0.15, 0.2) is 5.13 Å². The summed E-state index contributed by atoms with van der Waals surface area (Å²) in [5.41, 5.74) is 1.51. The molecule has 23 heavy (non-hydrogen) atoms. The quantitative estimate of drug-likeness (QED) is 0.930. The van der Waals surface area contributed by atoms with Crippen LogP contribution < -0.4 is 5.32 Å². The molecule has 124 valence electrons. The fourth-order valence-corrected chi connectivity index (χ4v) is 3.56. The van der Waals surface area contributed by atoms with Gasteiger partial charge >= 0.3 is 0 Å². The molecule has 7 heteroatoms. The second-order valence-corrected chi connectivity index (χ2v) is 6.80. The van der Waals surface area contributed by atoms with Crippen molar-refractivity contribution in [2.45, 2.75) is 39.5 Å². The van der Waals surface area contributed by atoms with E-state index in [1.165, 1.54) is 17.6 Å². The van der Waals surface area contributed by atoms with E-state index in [0.717, 1.165) is 25.3 Å². The monoisotopic (exact) mass is 335 g/mol. The fraction of sp³-hybridized carbons (Fsp3) is 0.500. The van der Waals surface area contributed by atoms with Crippen molar-refractivity contribution in [2.75, 3.05) is 18.4 Å². The number of thiazole rings is 1. The van der Waals surface area contributed by atoms with Crippen LogP contribution in [-0.4, -0.2) is 41.1 Å². The van der Waals surface area contributed by atoms with E-state index in [1.807, 2.05) is 5.38 Å². The van der Waals surface area contributed by atoms with E-state index in [9.17, 15) is 4.79 Å². The van der Waals surface area contributed by atoms with Crippen molar-refractivity contribution < 1.29 is 13.9 Å². The lowest BCUT2D eigenvalue weighted by molar-refractivity contribution is -0.0707. The van der Waals surface area contributed by atoms with E-state index in [2.05, 4.69) is 29.0 Å². The summed E-state index contributed by atoms with van der Waals surface area (Å²) < 4.78 is 10.9. The van der Waals surface area contributed by atoms with Crippen molar-refractivity contribution in [3.8, 4) is 0 Å². The first kappa shape index (κ1) is 16.2. The van der Waals surface area contributed by atoms with Gasteiger partial charge in [0.25, 0.3) is 5.91 Å². The Hall–Kier alpha value is -1.70. The standard InChI is InChI=1S/C16H21N3O3S/c1-10-6-19(7-11(2)22-10)8-13-9-23-16(17-13)18-15(20)14-4-5-21-12(14)3/h4-5,9-11H,6-8H2,1-3H3,(H,17,18,20)/t10-,11+. The van der Waals surface area contributed by atoms with E-state index in [-0.39, 0.29) is 18.1 Å². The van der Waals surface area contributed by atoms with Crippen LogP contribution in [0.5, 0.6) is 0 Å². The number of aryl methyl sites for hydroxylation is 1. The number of ether oxygens (including phenoxy) is 1. The highest BCUT2D eigenvalue weighted by Gasteiger charge is 2.23. The maximum atomic E-state index is 12.1. The molecular weight excluding hydrogens is 314 g/mol. The second-order valence-electron chi connectivity index (χ2n) is 5.94. The smallest absolute Gasteiger partial charge is 0.260 e. The molecule has 0 unspecified atom stereocenters. The van der Waals surface area contributed by atoms with Crippen LogP contribution in [0.2, 0.25) is 0 Å². The van der Waals surface area contributed by atoms with Crippen LogP contribution in [0.3, 0.4) is 0 Å². The molecule has 2 atom stereocenters. The van der Waals surface area contributed by atoms with Crippen molar-refractivity contribution in [3.63, 3.8) is 0 Å². The van der Waals surface area contributed by atoms with E-state index in [1.54, 1.807) is 13.0 Å². The number of carbonyl (C=O) groups is 1. The minimum absolute atomic E-state index is 0.189. The summed E-state index contributed by atoms with van der Waals surface area (Å²) in [5, 5.41) is 5.43. The number of anilines is 1. The minimum Gasteiger partial charge on any atom is -0.469 e. The number of morpholine rings is 1. The van der Waals surface area contributed by atoms with Gasteiger partial charge in [-0.05, 0) is 26.8 Å². The van der Waals surface area contributed by atoms with E-state index < -0.39 is 0 Å². The molecule has 6 nitrogen and oxygen atoms in total. The number of aromatic nitrogens is 1. The molecule has 0 radical (unpaired) electrons. The Morgan fingerprint density at radius 2 is 2.17 bits per heavy atom. The van der Waals surface area contributed by atoms with Gasteiger partial charge in [0, 0.05) is 25.0 Å². The zero-order valence-corrected chi connectivity index (χ0v) is 14.4. The molecule has 1 N–H and O–H groups in total. The van der Waals surface area contributed by atoms with Gasteiger partial charge in [0.05, 0.1) is 29.7 Å². The number of rotatable bonds is 4. The molecule has 3 heterocycles. The molecule has 1 saturated heterocycles. The minimum atomic E-state index is -0.189. The second kappa shape index (κ2) is 6.82. The Labute approximate surface area is 139 Å². The fourth-order valence-electron chi connectivity index (χ4n) is 2.86. The SMILES string of the molecule is Cc1occc1C(=O)Nc1nc(CN2C[C@@H](C)O[C@@H](C)C2)cs1. The normalized spacial score (nSPS) is 22.2. The predicted octanol–water partition coefficient (Wildman–Crippen LogP) is 2.91. The molecule has 0 bridgehead atoms. The lowest BCUT2D eigenvalue weighted by Gasteiger charge is -2.34. The summed E-state index contributed by atoms with van der Waals surface area (Å²) in [6.07, 6.45) is 1.99. The highest BCUT2D eigenvalue weighted by Crippen LogP contribution is 2.20. The summed E-state index contributed by atoms with van der Waals surface area (Å²) in [7, 11) is 0. The largest absolute Gasteiger partial charge is 0.469 e. The Balaban J connectivity index is 1.60. The predicted molar refractivity (Wildman–Crippen MR) is 88.8 cm³/mol. The van der Waals surface area contributed by atoms with Crippen LogP contribution in [0.25, 0.3) is 0 Å². The molecule has 0 spiro atoms. The summed E-state index contributed by atoms with van der Waals surface area (Å²) in [4.78, 5) is 19.0. The van der Waals surface area contributed by atoms with Crippen molar-refractivity contribution in [2.24, 2.45) is 0 Å². The topological polar surface area (TPSA) is 67.6 Å². The number of amides is 1. The molecule has 1 amide bonds. The third-order valence-corrected chi connectivity index (χ3v) is 4.56. The van der Waals surface area contributed by atoms with Crippen LogP contribution >= 0.6 is 11.3 Å². The molecule has 1 fully saturated rings. The molecule has 2 aromatic rings. The van der Waals surface area contributed by atoms with Crippen LogP contribution in [0.1, 0.15) is 35.7 Å². The summed E-state index contributed by atoms with van der Waals surface area (Å²) in [6, 6.07) is 1.66. The number of nitrogens with one attached hydrogen (secondary N) is 1. The lowest BCUT2D eigenvalue weighted by Crippen LogP contribution is -2.44. The van der Waals surface area contributed by atoms with E-state index >= 15 is 0 Å². The third-order valence-electron chi connectivity index (χ3n) is 3.76. The van der Waals surface area contributed by atoms with Crippen molar-refractivity contribution in [3.05, 3.63) is 34.7 Å². The van der Waals surface area contributed by atoms with E-state index in [0.29, 0.717) is 16.5 Å². The summed E-state index contributed by atoms with van der Waals surface area (Å²) in [6.45, 7) is 8.51. The average Bonchev–Trinajstić information content (AvgIpc) is 3.07. The highest BCUT2D eigenvalue weighted by molar-refractivity contribution is 7.13. The van der Waals surface area contributed by atoms with Crippen LogP contribution in [0, 0.1) is 6.92 Å². The zero-order chi connectivity index (χ0) is 16.4. The lowest BCUT2D eigenvalue weighted by atomic mass is 10.2. The van der Waals surface area contributed by atoms with Gasteiger partial charge in [-0.15, -0.1) is 11.3 Å². The molecule has 0 aromatic carbocycles. The molecule has 1 aliphatic rings. The number of furan rings is 1. The zero-order valence-electron chi connectivity index (χ0n) is 13.5. The Kier molecular flexibility index (Phi) is 4.79. The average molecular weight is 335 g/mol. The highest BCUT2D eigenvalue weighted by atomic mass is 32.1. The molecule has 0 saturated carbocycles. The van der Waals surface area contributed by atoms with Gasteiger partial charge in [-0.1, -0.05) is 0 Å². The van der Waals surface area contributed by atoms with Crippen molar-refractivity contribution >= 4 is 22.4 Å². The van der Waals surface area contributed by atoms with Gasteiger partial charge in [0.1, 0.15) is 5.76 Å². The number of carbonyl (C=O) groups excluding carboxylic acids is 1. The summed E-state index contributed by atoms with van der Waals surface area (Å²) in [5.74, 6) is 0.418. The Bertz CT molecular complexity index is 672. The van der Waals surface area contributed by atoms with Gasteiger partial charge in [-0.3, -0.25) is 15.0 Å². The van der Waals surface area contributed by atoms with Gasteiger partial charge in [0.2, 0.25) is 0 Å². The first-order valence-electron chi connectivity index (χ1n) is 7.69. The third kappa shape index (κ3) is 3.99. The maximum absolute atomic E-state index is 12.1. The van der Waals surface area contributed by atoms with Crippen molar-refractivity contribution in [1.29, 1.82) is 0 Å². The molecule has 3 rings (SSSR count). The van der Waals surface area contributed by atoms with Crippen molar-refractivity contribution in [1.82, 2.24) is 9.88 Å². The molecule has 1 aliphatic heterocycles. The first-order valence-corrected chi connectivity index (χ1v) is 8.57. The number of hydrogen-bond acceptors (Lipinski definition) is 6. The molecular formula is C16H21N3O3S. The van der Waals surface area contributed by atoms with Crippen LogP contribution in [0.4, 0.5) is 5.13 Å². The molecule has 2 aromatic heterocycles. The van der Waals surface area contributed by atoms with Crippen LogP contribution in [0.15, 0.2) is 22.1 Å². The van der Waals surface area contributed by atoms with Gasteiger partial charge < -0.3 is 9.15 Å².